The number of hydrogen-bond acceptors (Lipinski definition) is 4. The fourth-order valence-electron chi connectivity index (χ4n) is 3.57. The Kier molecular flexibility index (Phi) is 10.7. The summed E-state index contributed by atoms with van der Waals surface area (Å²) < 4.78 is 0.895. The van der Waals surface area contributed by atoms with Gasteiger partial charge in [-0.2, -0.15) is 0 Å². The van der Waals surface area contributed by atoms with Gasteiger partial charge in [-0.05, 0) is 85.3 Å². The van der Waals surface area contributed by atoms with Crippen LogP contribution in [0.15, 0.2) is 112 Å². The van der Waals surface area contributed by atoms with Gasteiger partial charge in [-0.25, -0.2) is 0 Å². The van der Waals surface area contributed by atoms with Crippen LogP contribution in [0.4, 0.5) is 11.4 Å². The van der Waals surface area contributed by atoms with Crippen molar-refractivity contribution < 1.29 is 14.4 Å². The average molecular weight is 669 g/mol. The number of hydrogen-bond donors (Lipinski definition) is 3. The molecule has 0 radical (unpaired) electrons. The molecule has 4 aromatic carbocycles. The molecule has 0 saturated carbocycles. The van der Waals surface area contributed by atoms with Crippen LogP contribution in [-0.4, -0.2) is 23.0 Å². The molecule has 208 valence electrons. The zero-order valence-corrected chi connectivity index (χ0v) is 25.6. The molecule has 10 heteroatoms. The number of halogens is 3. The summed E-state index contributed by atoms with van der Waals surface area (Å²) in [5, 5.41) is 8.79. The first-order chi connectivity index (χ1) is 19.7. The fourth-order valence-corrected chi connectivity index (χ4v) is 5.04. The zero-order valence-electron chi connectivity index (χ0n) is 21.7. The highest BCUT2D eigenvalue weighted by molar-refractivity contribution is 9.10. The monoisotopic (exact) mass is 667 g/mol. The van der Waals surface area contributed by atoms with E-state index in [1.165, 1.54) is 11.8 Å². The highest BCUT2D eigenvalue weighted by Gasteiger charge is 2.18. The largest absolute Gasteiger partial charge is 0.324 e. The summed E-state index contributed by atoms with van der Waals surface area (Å²) in [5.41, 5.74) is 2.23. The molecule has 3 amide bonds. The molecule has 3 N–H and O–H groups in total. The van der Waals surface area contributed by atoms with Crippen molar-refractivity contribution in [3.05, 3.63) is 128 Å². The minimum Gasteiger partial charge on any atom is -0.324 e. The van der Waals surface area contributed by atoms with Crippen LogP contribution in [0.3, 0.4) is 0 Å². The predicted octanol–water partition coefficient (Wildman–Crippen LogP) is 8.28. The van der Waals surface area contributed by atoms with Crippen LogP contribution < -0.4 is 16.0 Å². The number of anilines is 2. The molecule has 0 spiro atoms. The summed E-state index contributed by atoms with van der Waals surface area (Å²) in [6, 6.07) is 28.0. The first-order valence-electron chi connectivity index (χ1n) is 12.4. The smallest absolute Gasteiger partial charge is 0.272 e. The van der Waals surface area contributed by atoms with Crippen molar-refractivity contribution in [1.29, 1.82) is 0 Å². The van der Waals surface area contributed by atoms with E-state index < -0.39 is 17.1 Å². The van der Waals surface area contributed by atoms with Crippen LogP contribution >= 0.6 is 50.9 Å². The van der Waals surface area contributed by atoms with E-state index in [2.05, 4.69) is 31.9 Å². The predicted molar refractivity (Wildman–Crippen MR) is 172 cm³/mol. The van der Waals surface area contributed by atoms with Crippen molar-refractivity contribution in [3.63, 3.8) is 0 Å². The SMILES string of the molecule is CC(Sc1ccc(NC(=O)/C(=C/c2ccc(Br)cc2)NC(=O)c2ccccc2)cc1)C(=O)Nc1cc(Cl)ccc1Cl. The number of carbonyl (C=O) groups excluding carboxylic acids is 3. The summed E-state index contributed by atoms with van der Waals surface area (Å²) in [6.45, 7) is 1.78. The average Bonchev–Trinajstić information content (AvgIpc) is 2.97. The summed E-state index contributed by atoms with van der Waals surface area (Å²) in [6.07, 6.45) is 1.61. The van der Waals surface area contributed by atoms with Crippen LogP contribution in [0, 0.1) is 0 Å². The third-order valence-corrected chi connectivity index (χ3v) is 7.90. The van der Waals surface area contributed by atoms with Crippen LogP contribution in [0.5, 0.6) is 0 Å². The van der Waals surface area contributed by atoms with Crippen molar-refractivity contribution >= 4 is 86.1 Å². The molecule has 0 aliphatic carbocycles. The molecular weight excluding hydrogens is 645 g/mol. The maximum Gasteiger partial charge on any atom is 0.272 e. The number of amides is 3. The molecule has 41 heavy (non-hydrogen) atoms. The second kappa shape index (κ2) is 14.4. The quantitative estimate of drug-likeness (QED) is 0.124. The number of thioether (sulfide) groups is 1. The van der Waals surface area contributed by atoms with Gasteiger partial charge in [0.2, 0.25) is 5.91 Å². The lowest BCUT2D eigenvalue weighted by Gasteiger charge is -2.14. The van der Waals surface area contributed by atoms with Gasteiger partial charge in [0, 0.05) is 25.6 Å². The molecule has 6 nitrogen and oxygen atoms in total. The molecular formula is C31H24BrCl2N3O3S. The maximum atomic E-state index is 13.2. The molecule has 0 saturated heterocycles. The molecule has 0 fully saturated rings. The molecule has 0 heterocycles. The number of benzene rings is 4. The van der Waals surface area contributed by atoms with Gasteiger partial charge in [-0.15, -0.1) is 11.8 Å². The Bertz CT molecular complexity index is 1580. The molecule has 0 aromatic heterocycles. The van der Waals surface area contributed by atoms with E-state index in [4.69, 9.17) is 23.2 Å². The highest BCUT2D eigenvalue weighted by atomic mass is 79.9. The summed E-state index contributed by atoms with van der Waals surface area (Å²) >= 11 is 16.9. The minimum absolute atomic E-state index is 0.0876. The molecule has 4 aromatic rings. The first-order valence-corrected chi connectivity index (χ1v) is 14.8. The van der Waals surface area contributed by atoms with Crippen molar-refractivity contribution in [2.45, 2.75) is 17.1 Å². The van der Waals surface area contributed by atoms with Crippen molar-refractivity contribution in [2.24, 2.45) is 0 Å². The van der Waals surface area contributed by atoms with Crippen LogP contribution in [0.1, 0.15) is 22.8 Å². The van der Waals surface area contributed by atoms with E-state index in [9.17, 15) is 14.4 Å². The second-order valence-electron chi connectivity index (χ2n) is 8.78. The summed E-state index contributed by atoms with van der Waals surface area (Å²) in [4.78, 5) is 39.6. The molecule has 0 aliphatic heterocycles. The topological polar surface area (TPSA) is 87.3 Å². The maximum absolute atomic E-state index is 13.2. The third-order valence-electron chi connectivity index (χ3n) is 5.69. The van der Waals surface area contributed by atoms with Gasteiger partial charge < -0.3 is 16.0 Å². The van der Waals surface area contributed by atoms with Gasteiger partial charge in [0.05, 0.1) is 16.0 Å². The Morgan fingerprint density at radius 1 is 0.854 bits per heavy atom. The highest BCUT2D eigenvalue weighted by Crippen LogP contribution is 2.29. The van der Waals surface area contributed by atoms with Crippen LogP contribution in [-0.2, 0) is 9.59 Å². The second-order valence-corrected chi connectivity index (χ2v) is 12.0. The Morgan fingerprint density at radius 3 is 2.22 bits per heavy atom. The van der Waals surface area contributed by atoms with Gasteiger partial charge >= 0.3 is 0 Å². The Hall–Kier alpha value is -3.56. The van der Waals surface area contributed by atoms with Crippen LogP contribution in [0.25, 0.3) is 6.08 Å². The van der Waals surface area contributed by atoms with E-state index in [0.29, 0.717) is 27.0 Å². The van der Waals surface area contributed by atoms with Crippen LogP contribution in [0.2, 0.25) is 10.0 Å². The van der Waals surface area contributed by atoms with Gasteiger partial charge in [0.15, 0.2) is 0 Å². The van der Waals surface area contributed by atoms with Gasteiger partial charge in [0.1, 0.15) is 5.70 Å². The van der Waals surface area contributed by atoms with E-state index in [0.717, 1.165) is 14.9 Å². The van der Waals surface area contributed by atoms with E-state index in [1.54, 1.807) is 79.7 Å². The molecule has 1 atom stereocenters. The lowest BCUT2D eigenvalue weighted by Crippen LogP contribution is -2.30. The standard InChI is InChI=1S/C31H24BrCl2N3O3S/c1-19(29(38)36-27-18-23(33)11-16-26(27)34)41-25-14-12-24(13-15-25)35-31(40)28(17-20-7-9-22(32)10-8-20)37-30(39)21-5-3-2-4-6-21/h2-19H,1H3,(H,35,40)(H,36,38)(H,37,39)/b28-17-. The number of carbonyl (C=O) groups is 3. The zero-order chi connectivity index (χ0) is 29.4. The Balaban J connectivity index is 1.43. The molecule has 4 rings (SSSR count). The van der Waals surface area contributed by atoms with Gasteiger partial charge in [-0.3, -0.25) is 14.4 Å². The summed E-state index contributed by atoms with van der Waals surface area (Å²) in [7, 11) is 0. The molecule has 0 aliphatic rings. The Morgan fingerprint density at radius 2 is 1.54 bits per heavy atom. The van der Waals surface area contributed by atoms with Crippen molar-refractivity contribution in [3.8, 4) is 0 Å². The van der Waals surface area contributed by atoms with E-state index in [1.807, 2.05) is 30.3 Å². The first kappa shape index (κ1) is 30.4. The third kappa shape index (κ3) is 8.96. The molecule has 0 bridgehead atoms. The number of nitrogens with one attached hydrogen (secondary N) is 3. The van der Waals surface area contributed by atoms with Gasteiger partial charge in [0.25, 0.3) is 11.8 Å². The lowest BCUT2D eigenvalue weighted by atomic mass is 10.1. The van der Waals surface area contributed by atoms with Crippen molar-refractivity contribution in [1.82, 2.24) is 5.32 Å². The van der Waals surface area contributed by atoms with E-state index in [-0.39, 0.29) is 11.6 Å². The van der Waals surface area contributed by atoms with Crippen molar-refractivity contribution in [2.75, 3.05) is 10.6 Å². The lowest BCUT2D eigenvalue weighted by molar-refractivity contribution is -0.115. The normalized spacial score (nSPS) is 11.9. The fraction of sp³-hybridized carbons (Fsp3) is 0.0645. The van der Waals surface area contributed by atoms with Gasteiger partial charge in [-0.1, -0.05) is 69.5 Å². The Labute approximate surface area is 260 Å². The number of rotatable bonds is 9. The minimum atomic E-state index is -0.483. The molecule has 1 unspecified atom stereocenters. The van der Waals surface area contributed by atoms with E-state index >= 15 is 0 Å². The summed E-state index contributed by atoms with van der Waals surface area (Å²) in [5.74, 6) is -1.11.